The van der Waals surface area contributed by atoms with E-state index >= 15 is 0 Å². The molecule has 1 unspecified atom stereocenters. The maximum Gasteiger partial charge on any atom is 0.252 e. The standard InChI is InChI=1S/C25H28N4O2S/c30-25-22-6-5-21(17-24(22)32-16-14-29-25)31-15-2-11-28-23(20-8-12-26-13-9-20)7-4-19-3-1-10-27-18-19/h1,3,5-6,8-10,12-13,17-18,23,28H,2,4,7,11,14-16H2,(H,29,30). The monoisotopic (exact) mass is 448 g/mol. The smallest absolute Gasteiger partial charge is 0.252 e. The SMILES string of the molecule is O=C1NCCSc2cc(OCCCNC(CCc3cccnc3)c3ccncc3)ccc21. The van der Waals surface area contributed by atoms with Gasteiger partial charge in [-0.05, 0) is 73.3 Å². The Bertz CT molecular complexity index is 1000. The minimum atomic E-state index is -0.00538. The maximum absolute atomic E-state index is 12.1. The summed E-state index contributed by atoms with van der Waals surface area (Å²) in [5.41, 5.74) is 3.22. The Morgan fingerprint density at radius 1 is 1.12 bits per heavy atom. The molecule has 1 atom stereocenters. The normalized spacial score (nSPS) is 14.2. The lowest BCUT2D eigenvalue weighted by Gasteiger charge is -2.19. The molecule has 0 bridgehead atoms. The lowest BCUT2D eigenvalue weighted by Crippen LogP contribution is -2.24. The van der Waals surface area contributed by atoms with Crippen molar-refractivity contribution >= 4 is 17.7 Å². The van der Waals surface area contributed by atoms with Crippen LogP contribution in [0, 0.1) is 0 Å². The number of pyridine rings is 2. The Balaban J connectivity index is 1.27. The molecule has 7 heteroatoms. The number of hydrogen-bond donors (Lipinski definition) is 2. The van der Waals surface area contributed by atoms with Crippen molar-refractivity contribution in [2.75, 3.05) is 25.4 Å². The number of hydrogen-bond acceptors (Lipinski definition) is 6. The van der Waals surface area contributed by atoms with Crippen LogP contribution in [0.25, 0.3) is 0 Å². The van der Waals surface area contributed by atoms with E-state index in [9.17, 15) is 4.79 Å². The summed E-state index contributed by atoms with van der Waals surface area (Å²) in [7, 11) is 0. The van der Waals surface area contributed by atoms with E-state index in [1.807, 2.05) is 42.9 Å². The Morgan fingerprint density at radius 2 is 2.03 bits per heavy atom. The molecule has 0 spiro atoms. The predicted molar refractivity (Wildman–Crippen MR) is 127 cm³/mol. The molecular weight excluding hydrogens is 420 g/mol. The largest absolute Gasteiger partial charge is 0.494 e. The molecule has 4 rings (SSSR count). The van der Waals surface area contributed by atoms with Crippen LogP contribution in [0.3, 0.4) is 0 Å². The summed E-state index contributed by atoms with van der Waals surface area (Å²) < 4.78 is 5.96. The highest BCUT2D eigenvalue weighted by Gasteiger charge is 2.16. The number of aryl methyl sites for hydroxylation is 1. The van der Waals surface area contributed by atoms with Gasteiger partial charge in [0.1, 0.15) is 5.75 Å². The van der Waals surface area contributed by atoms with Gasteiger partial charge in [-0.1, -0.05) is 6.07 Å². The number of aromatic nitrogens is 2. The predicted octanol–water partition coefficient (Wildman–Crippen LogP) is 4.04. The summed E-state index contributed by atoms with van der Waals surface area (Å²) in [6.45, 7) is 2.16. The topological polar surface area (TPSA) is 76.1 Å². The molecule has 2 aromatic heterocycles. The van der Waals surface area contributed by atoms with Gasteiger partial charge in [-0.15, -0.1) is 11.8 Å². The van der Waals surface area contributed by atoms with E-state index in [1.54, 1.807) is 18.0 Å². The van der Waals surface area contributed by atoms with Gasteiger partial charge in [0.2, 0.25) is 0 Å². The van der Waals surface area contributed by atoms with E-state index in [4.69, 9.17) is 4.74 Å². The molecule has 3 heterocycles. The van der Waals surface area contributed by atoms with Crippen molar-refractivity contribution in [1.82, 2.24) is 20.6 Å². The van der Waals surface area contributed by atoms with E-state index < -0.39 is 0 Å². The zero-order chi connectivity index (χ0) is 22.0. The molecule has 0 radical (unpaired) electrons. The second kappa shape index (κ2) is 11.6. The number of benzene rings is 1. The van der Waals surface area contributed by atoms with Crippen molar-refractivity contribution in [3.8, 4) is 5.75 Å². The van der Waals surface area contributed by atoms with Crippen LogP contribution in [0.4, 0.5) is 0 Å². The van der Waals surface area contributed by atoms with Crippen LogP contribution >= 0.6 is 11.8 Å². The molecule has 2 N–H and O–H groups in total. The van der Waals surface area contributed by atoms with Crippen molar-refractivity contribution in [2.45, 2.75) is 30.2 Å². The minimum absolute atomic E-state index is 0.00538. The highest BCUT2D eigenvalue weighted by molar-refractivity contribution is 7.99. The van der Waals surface area contributed by atoms with Crippen molar-refractivity contribution in [3.63, 3.8) is 0 Å². The highest BCUT2D eigenvalue weighted by Crippen LogP contribution is 2.29. The lowest BCUT2D eigenvalue weighted by molar-refractivity contribution is 0.0954. The van der Waals surface area contributed by atoms with E-state index in [1.165, 1.54) is 11.1 Å². The van der Waals surface area contributed by atoms with Gasteiger partial charge in [-0.3, -0.25) is 14.8 Å². The third kappa shape index (κ3) is 6.31. The summed E-state index contributed by atoms with van der Waals surface area (Å²) in [4.78, 5) is 21.4. The van der Waals surface area contributed by atoms with Gasteiger partial charge < -0.3 is 15.4 Å². The minimum Gasteiger partial charge on any atom is -0.494 e. The fraction of sp³-hybridized carbons (Fsp3) is 0.320. The molecule has 1 amide bonds. The van der Waals surface area contributed by atoms with Crippen molar-refractivity contribution < 1.29 is 9.53 Å². The molecule has 0 saturated carbocycles. The van der Waals surface area contributed by atoms with Gasteiger partial charge in [-0.2, -0.15) is 0 Å². The zero-order valence-corrected chi connectivity index (χ0v) is 18.8. The summed E-state index contributed by atoms with van der Waals surface area (Å²) in [6.07, 6.45) is 10.3. The average molecular weight is 449 g/mol. The van der Waals surface area contributed by atoms with Crippen LogP contribution in [0.5, 0.6) is 5.75 Å². The van der Waals surface area contributed by atoms with Gasteiger partial charge in [0.05, 0.1) is 12.2 Å². The van der Waals surface area contributed by atoms with Gasteiger partial charge in [0, 0.05) is 48.0 Å². The van der Waals surface area contributed by atoms with E-state index in [0.29, 0.717) is 13.2 Å². The fourth-order valence-electron chi connectivity index (χ4n) is 3.70. The number of amides is 1. The van der Waals surface area contributed by atoms with E-state index in [0.717, 1.165) is 47.8 Å². The third-order valence-corrected chi connectivity index (χ3v) is 6.43. The molecule has 1 aliphatic heterocycles. The maximum atomic E-state index is 12.1. The number of thioether (sulfide) groups is 1. The average Bonchev–Trinajstić information content (AvgIpc) is 3.03. The lowest BCUT2D eigenvalue weighted by atomic mass is 10.0. The van der Waals surface area contributed by atoms with Crippen LogP contribution in [-0.4, -0.2) is 41.3 Å². The van der Waals surface area contributed by atoms with Crippen LogP contribution in [0.1, 0.15) is 40.4 Å². The molecule has 0 aliphatic carbocycles. The Morgan fingerprint density at radius 3 is 2.88 bits per heavy atom. The fourth-order valence-corrected chi connectivity index (χ4v) is 4.64. The summed E-state index contributed by atoms with van der Waals surface area (Å²) >= 11 is 1.69. The first kappa shape index (κ1) is 22.3. The first-order valence-corrected chi connectivity index (χ1v) is 12.0. The molecule has 32 heavy (non-hydrogen) atoms. The van der Waals surface area contributed by atoms with Crippen LogP contribution in [0.15, 0.2) is 72.1 Å². The molecule has 166 valence electrons. The second-order valence-electron chi connectivity index (χ2n) is 7.65. The zero-order valence-electron chi connectivity index (χ0n) is 18.0. The highest BCUT2D eigenvalue weighted by atomic mass is 32.2. The number of ether oxygens (including phenoxy) is 1. The Labute approximate surface area is 193 Å². The molecule has 3 aromatic rings. The van der Waals surface area contributed by atoms with Gasteiger partial charge >= 0.3 is 0 Å². The quantitative estimate of drug-likeness (QED) is 0.456. The third-order valence-electron chi connectivity index (χ3n) is 5.38. The summed E-state index contributed by atoms with van der Waals surface area (Å²) in [5.74, 6) is 1.68. The van der Waals surface area contributed by atoms with E-state index in [2.05, 4.69) is 38.8 Å². The van der Waals surface area contributed by atoms with Crippen molar-refractivity contribution in [3.05, 3.63) is 83.9 Å². The van der Waals surface area contributed by atoms with E-state index in [-0.39, 0.29) is 11.9 Å². The van der Waals surface area contributed by atoms with Crippen LogP contribution in [0.2, 0.25) is 0 Å². The summed E-state index contributed by atoms with van der Waals surface area (Å²) in [6, 6.07) is 14.2. The number of nitrogens with zero attached hydrogens (tertiary/aromatic N) is 2. The molecular formula is C25H28N4O2S. The number of rotatable bonds is 10. The molecule has 6 nitrogen and oxygen atoms in total. The van der Waals surface area contributed by atoms with Crippen molar-refractivity contribution in [2.24, 2.45) is 0 Å². The number of carbonyl (C=O) groups excluding carboxylic acids is 1. The Kier molecular flexibility index (Phi) is 8.11. The van der Waals surface area contributed by atoms with Gasteiger partial charge in [0.15, 0.2) is 0 Å². The van der Waals surface area contributed by atoms with Crippen LogP contribution in [-0.2, 0) is 6.42 Å². The molecule has 1 aromatic carbocycles. The van der Waals surface area contributed by atoms with Crippen molar-refractivity contribution in [1.29, 1.82) is 0 Å². The number of fused-ring (bicyclic) bond motifs is 1. The Hall–Kier alpha value is -2.90. The first-order chi connectivity index (χ1) is 15.8. The first-order valence-electron chi connectivity index (χ1n) is 11.0. The second-order valence-corrected chi connectivity index (χ2v) is 8.79. The molecule has 1 aliphatic rings. The summed E-state index contributed by atoms with van der Waals surface area (Å²) in [5, 5.41) is 6.58. The molecule has 0 saturated heterocycles. The van der Waals surface area contributed by atoms with Gasteiger partial charge in [0.25, 0.3) is 5.91 Å². The molecule has 0 fully saturated rings. The number of carbonyl (C=O) groups is 1. The van der Waals surface area contributed by atoms with Gasteiger partial charge in [-0.25, -0.2) is 0 Å². The van der Waals surface area contributed by atoms with Crippen LogP contribution < -0.4 is 15.4 Å². The number of nitrogens with one attached hydrogen (secondary N) is 2.